The third-order valence-electron chi connectivity index (χ3n) is 6.87. The van der Waals surface area contributed by atoms with Gasteiger partial charge in [-0.2, -0.15) is 0 Å². The van der Waals surface area contributed by atoms with E-state index in [2.05, 4.69) is 40.8 Å². The molecule has 2 aliphatic rings. The lowest BCUT2D eigenvalue weighted by molar-refractivity contribution is -0.160. The molecule has 0 unspecified atom stereocenters. The molecule has 5 heteroatoms. The number of ether oxygens (including phenoxy) is 1. The van der Waals surface area contributed by atoms with E-state index in [9.17, 15) is 9.90 Å². The van der Waals surface area contributed by atoms with Gasteiger partial charge in [0.25, 0.3) is 0 Å². The van der Waals surface area contributed by atoms with Crippen molar-refractivity contribution in [2.24, 2.45) is 17.3 Å². The largest absolute Gasteiger partial charge is 0.469 e. The predicted octanol–water partition coefficient (Wildman–Crippen LogP) is 3.74. The van der Waals surface area contributed by atoms with Gasteiger partial charge in [-0.15, -0.1) is 0 Å². The first kappa shape index (κ1) is 18.9. The molecule has 0 aromatic rings. The van der Waals surface area contributed by atoms with Gasteiger partial charge < -0.3 is 14.3 Å². The number of hydrogen-bond donors (Lipinski definition) is 1. The van der Waals surface area contributed by atoms with Crippen molar-refractivity contribution in [3.8, 4) is 0 Å². The first-order chi connectivity index (χ1) is 10.4. The molecule has 0 radical (unpaired) electrons. The van der Waals surface area contributed by atoms with Gasteiger partial charge in [0, 0.05) is 0 Å². The second kappa shape index (κ2) is 6.16. The van der Waals surface area contributed by atoms with Crippen molar-refractivity contribution in [3.63, 3.8) is 0 Å². The van der Waals surface area contributed by atoms with Crippen LogP contribution < -0.4 is 0 Å². The van der Waals surface area contributed by atoms with Gasteiger partial charge in [0.15, 0.2) is 8.32 Å². The van der Waals surface area contributed by atoms with E-state index in [0.29, 0.717) is 6.42 Å². The summed E-state index contributed by atoms with van der Waals surface area (Å²) in [6, 6.07) is 0. The maximum Gasteiger partial charge on any atom is 0.311 e. The molecule has 0 aromatic heterocycles. The minimum atomic E-state index is -1.85. The van der Waals surface area contributed by atoms with E-state index in [0.717, 1.165) is 19.3 Å². The molecule has 2 aliphatic carbocycles. The van der Waals surface area contributed by atoms with E-state index in [-0.39, 0.29) is 28.4 Å². The number of rotatable bonds is 3. The fraction of sp³-hybridized carbons (Fsp3) is 0.944. The molecule has 0 spiro atoms. The van der Waals surface area contributed by atoms with Crippen LogP contribution in [0.4, 0.5) is 0 Å². The van der Waals surface area contributed by atoms with Crippen LogP contribution in [-0.2, 0) is 14.0 Å². The Balaban J connectivity index is 2.24. The molecule has 0 bridgehead atoms. The zero-order valence-electron chi connectivity index (χ0n) is 15.8. The first-order valence-corrected chi connectivity index (χ1v) is 11.8. The lowest BCUT2D eigenvalue weighted by Crippen LogP contribution is -2.52. The Morgan fingerprint density at radius 2 is 1.83 bits per heavy atom. The van der Waals surface area contributed by atoms with Gasteiger partial charge in [-0.1, -0.05) is 27.7 Å². The fourth-order valence-electron chi connectivity index (χ4n) is 4.26. The highest BCUT2D eigenvalue weighted by atomic mass is 28.4. The van der Waals surface area contributed by atoms with Gasteiger partial charge in [-0.05, 0) is 55.1 Å². The molecule has 134 valence electrons. The molecule has 0 saturated heterocycles. The maximum absolute atomic E-state index is 12.2. The summed E-state index contributed by atoms with van der Waals surface area (Å²) in [6.07, 6.45) is 3.11. The molecular weight excluding hydrogens is 308 g/mol. The summed E-state index contributed by atoms with van der Waals surface area (Å²) in [6.45, 7) is 13.6. The normalized spacial score (nSPS) is 38.3. The van der Waals surface area contributed by atoms with Crippen LogP contribution in [0.3, 0.4) is 0 Å². The highest BCUT2D eigenvalue weighted by Crippen LogP contribution is 2.57. The molecule has 0 aliphatic heterocycles. The summed E-state index contributed by atoms with van der Waals surface area (Å²) in [5.74, 6) is -0.498. The molecule has 4 nitrogen and oxygen atoms in total. The van der Waals surface area contributed by atoms with Gasteiger partial charge in [0.1, 0.15) is 0 Å². The van der Waals surface area contributed by atoms with E-state index < -0.39 is 20.3 Å². The highest BCUT2D eigenvalue weighted by molar-refractivity contribution is 6.74. The molecule has 2 saturated carbocycles. The third kappa shape index (κ3) is 3.24. The minimum absolute atomic E-state index is 0.0341. The Labute approximate surface area is 142 Å². The van der Waals surface area contributed by atoms with Crippen LogP contribution in [0, 0.1) is 17.3 Å². The van der Waals surface area contributed by atoms with Crippen molar-refractivity contribution in [2.45, 2.75) is 83.7 Å². The van der Waals surface area contributed by atoms with Crippen LogP contribution >= 0.6 is 0 Å². The quantitative estimate of drug-likeness (QED) is 0.627. The average Bonchev–Trinajstić information content (AvgIpc) is 2.74. The zero-order valence-corrected chi connectivity index (χ0v) is 16.8. The summed E-state index contributed by atoms with van der Waals surface area (Å²) in [4.78, 5) is 12.2. The zero-order chi connectivity index (χ0) is 17.6. The SMILES string of the molecule is COC(=O)[C@@H]1[C@@H](O)CC[C@]2(C)[C@@H](O[Si](C)(C)C(C)(C)C)CC[C@@H]12. The first-order valence-electron chi connectivity index (χ1n) is 8.88. The van der Waals surface area contributed by atoms with Crippen molar-refractivity contribution < 1.29 is 19.1 Å². The molecule has 0 aromatic carbocycles. The molecule has 2 rings (SSSR count). The van der Waals surface area contributed by atoms with Crippen molar-refractivity contribution in [3.05, 3.63) is 0 Å². The van der Waals surface area contributed by atoms with E-state index in [4.69, 9.17) is 9.16 Å². The van der Waals surface area contributed by atoms with Gasteiger partial charge in [0.2, 0.25) is 0 Å². The van der Waals surface area contributed by atoms with Gasteiger partial charge in [-0.25, -0.2) is 0 Å². The number of fused-ring (bicyclic) bond motifs is 1. The Bertz CT molecular complexity index is 456. The number of methoxy groups -OCH3 is 1. The number of carbonyl (C=O) groups excluding carboxylic acids is 1. The van der Waals surface area contributed by atoms with Gasteiger partial charge in [0.05, 0.1) is 25.2 Å². The van der Waals surface area contributed by atoms with Crippen molar-refractivity contribution >= 4 is 14.3 Å². The van der Waals surface area contributed by atoms with Crippen molar-refractivity contribution in [1.29, 1.82) is 0 Å². The van der Waals surface area contributed by atoms with Crippen molar-refractivity contribution in [2.75, 3.05) is 7.11 Å². The van der Waals surface area contributed by atoms with Crippen LogP contribution in [0.1, 0.15) is 53.4 Å². The molecule has 5 atom stereocenters. The summed E-state index contributed by atoms with van der Waals surface area (Å²) >= 11 is 0. The number of hydrogen-bond acceptors (Lipinski definition) is 4. The summed E-state index contributed by atoms with van der Waals surface area (Å²) < 4.78 is 11.7. The minimum Gasteiger partial charge on any atom is -0.469 e. The van der Waals surface area contributed by atoms with Gasteiger partial charge in [-0.3, -0.25) is 4.79 Å². The topological polar surface area (TPSA) is 55.8 Å². The van der Waals surface area contributed by atoms with E-state index in [1.54, 1.807) is 0 Å². The Hall–Kier alpha value is -0.393. The smallest absolute Gasteiger partial charge is 0.311 e. The standard InChI is InChI=1S/C18H34O4Si/c1-17(2,3)23(6,7)22-14-9-8-12-15(16(20)21-5)13(19)10-11-18(12,14)4/h12-15,19H,8-11H2,1-7H3/t12-,13-,14-,15-,18-/m0/s1. The van der Waals surface area contributed by atoms with Gasteiger partial charge >= 0.3 is 5.97 Å². The van der Waals surface area contributed by atoms with E-state index in [1.807, 2.05) is 0 Å². The third-order valence-corrected chi connectivity index (χ3v) is 11.4. The van der Waals surface area contributed by atoms with Crippen LogP contribution in [0.15, 0.2) is 0 Å². The Morgan fingerprint density at radius 3 is 2.35 bits per heavy atom. The highest BCUT2D eigenvalue weighted by Gasteiger charge is 2.58. The second-order valence-electron chi connectivity index (χ2n) is 9.21. The predicted molar refractivity (Wildman–Crippen MR) is 93.6 cm³/mol. The van der Waals surface area contributed by atoms with Crippen LogP contribution in [-0.4, -0.2) is 38.7 Å². The van der Waals surface area contributed by atoms with Crippen molar-refractivity contribution in [1.82, 2.24) is 0 Å². The van der Waals surface area contributed by atoms with Crippen LogP contribution in [0.25, 0.3) is 0 Å². The Kier molecular flexibility index (Phi) is 5.07. The molecular formula is C18H34O4Si. The lowest BCUT2D eigenvalue weighted by atomic mass is 9.62. The lowest BCUT2D eigenvalue weighted by Gasteiger charge is -2.48. The van der Waals surface area contributed by atoms with Crippen LogP contribution in [0.2, 0.25) is 18.1 Å². The van der Waals surface area contributed by atoms with E-state index >= 15 is 0 Å². The fourth-order valence-corrected chi connectivity index (χ4v) is 5.71. The summed E-state index contributed by atoms with van der Waals surface area (Å²) in [5.41, 5.74) is -0.0341. The number of carbonyl (C=O) groups is 1. The molecule has 1 N–H and O–H groups in total. The maximum atomic E-state index is 12.2. The molecule has 0 amide bonds. The number of aliphatic hydroxyl groups excluding tert-OH is 1. The summed E-state index contributed by atoms with van der Waals surface area (Å²) in [5, 5.41) is 10.5. The molecule has 2 fully saturated rings. The Morgan fingerprint density at radius 1 is 1.22 bits per heavy atom. The second-order valence-corrected chi connectivity index (χ2v) is 14.0. The molecule has 0 heterocycles. The number of aliphatic hydroxyl groups is 1. The summed E-state index contributed by atoms with van der Waals surface area (Å²) in [7, 11) is -0.430. The molecule has 23 heavy (non-hydrogen) atoms. The van der Waals surface area contributed by atoms with Crippen LogP contribution in [0.5, 0.6) is 0 Å². The monoisotopic (exact) mass is 342 g/mol. The number of esters is 1. The van der Waals surface area contributed by atoms with E-state index in [1.165, 1.54) is 7.11 Å². The average molecular weight is 343 g/mol.